The molecule has 0 fully saturated rings. The number of thiazole rings is 1. The van der Waals surface area contributed by atoms with Crippen LogP contribution in [0.4, 0.5) is 0 Å². The van der Waals surface area contributed by atoms with E-state index in [1.165, 1.54) is 21.1 Å². The predicted octanol–water partition coefficient (Wildman–Crippen LogP) is 2.56. The van der Waals surface area contributed by atoms with E-state index in [2.05, 4.69) is 12.1 Å². The lowest BCUT2D eigenvalue weighted by Gasteiger charge is -2.15. The highest BCUT2D eigenvalue weighted by molar-refractivity contribution is 7.11. The summed E-state index contributed by atoms with van der Waals surface area (Å²) in [5, 5.41) is 1.19. The van der Waals surface area contributed by atoms with Gasteiger partial charge in [0.05, 0.1) is 17.8 Å². The summed E-state index contributed by atoms with van der Waals surface area (Å²) < 4.78 is 5.25. The molecule has 0 radical (unpaired) electrons. The second-order valence-corrected chi connectivity index (χ2v) is 6.18. The Morgan fingerprint density at radius 1 is 1.47 bits per heavy atom. The first-order chi connectivity index (χ1) is 9.24. The minimum Gasteiger partial charge on any atom is -0.497 e. The number of aromatic nitrogens is 1. The molecule has 0 bridgehead atoms. The molecule has 100 valence electrons. The van der Waals surface area contributed by atoms with E-state index in [4.69, 9.17) is 15.5 Å². The molecule has 1 aliphatic carbocycles. The van der Waals surface area contributed by atoms with Crippen molar-refractivity contribution in [3.05, 3.63) is 45.4 Å². The van der Waals surface area contributed by atoms with E-state index >= 15 is 0 Å². The third-order valence-electron chi connectivity index (χ3n) is 3.51. The van der Waals surface area contributed by atoms with E-state index in [1.807, 2.05) is 23.5 Å². The number of rotatable bonds is 3. The van der Waals surface area contributed by atoms with Gasteiger partial charge in [0.25, 0.3) is 0 Å². The van der Waals surface area contributed by atoms with Gasteiger partial charge in [-0.3, -0.25) is 0 Å². The van der Waals surface area contributed by atoms with Crippen molar-refractivity contribution in [3.8, 4) is 5.75 Å². The van der Waals surface area contributed by atoms with Crippen LogP contribution >= 0.6 is 11.3 Å². The lowest BCUT2D eigenvalue weighted by molar-refractivity contribution is 0.414. The number of nitrogens with zero attached hydrogens (tertiary/aromatic N) is 1. The minimum atomic E-state index is 0.317. The molecule has 2 N–H and O–H groups in total. The summed E-state index contributed by atoms with van der Waals surface area (Å²) in [4.78, 5) is 6.14. The molecule has 1 aliphatic rings. The Bertz CT molecular complexity index is 579. The molecule has 1 aromatic carbocycles. The number of hydrogen-bond donors (Lipinski definition) is 1. The molecule has 0 saturated heterocycles. The van der Waals surface area contributed by atoms with Crippen LogP contribution in [0.1, 0.15) is 27.6 Å². The largest absolute Gasteiger partial charge is 0.497 e. The minimum absolute atomic E-state index is 0.317. The Morgan fingerprint density at radius 2 is 2.37 bits per heavy atom. The summed E-state index contributed by atoms with van der Waals surface area (Å²) >= 11 is 1.82. The standard InChI is InChI=1S/C15H18N2OS/c1-18-12-4-2-3-10(7-12)8-15-17-13-6-5-11(16)9-14(13)19-15/h2-4,7,11H,5-6,8-9,16H2,1H3. The van der Waals surface area contributed by atoms with Crippen molar-refractivity contribution in [2.45, 2.75) is 31.7 Å². The zero-order valence-electron chi connectivity index (χ0n) is 11.1. The van der Waals surface area contributed by atoms with Gasteiger partial charge in [0.1, 0.15) is 5.75 Å². The number of ether oxygens (including phenoxy) is 1. The Balaban J connectivity index is 1.80. The van der Waals surface area contributed by atoms with Crippen LogP contribution in [0.25, 0.3) is 0 Å². The first-order valence-corrected chi connectivity index (χ1v) is 7.42. The molecule has 2 aromatic rings. The highest BCUT2D eigenvalue weighted by Crippen LogP contribution is 2.28. The van der Waals surface area contributed by atoms with Gasteiger partial charge in [0, 0.05) is 17.3 Å². The molecule has 0 aliphatic heterocycles. The molecule has 1 aromatic heterocycles. The van der Waals surface area contributed by atoms with Gasteiger partial charge >= 0.3 is 0 Å². The monoisotopic (exact) mass is 274 g/mol. The van der Waals surface area contributed by atoms with Crippen LogP contribution in [0.5, 0.6) is 5.75 Å². The molecule has 0 amide bonds. The smallest absolute Gasteiger partial charge is 0.119 e. The van der Waals surface area contributed by atoms with Gasteiger partial charge in [-0.05, 0) is 37.0 Å². The van der Waals surface area contributed by atoms with Crippen molar-refractivity contribution in [2.24, 2.45) is 5.73 Å². The maximum atomic E-state index is 6.01. The summed E-state index contributed by atoms with van der Waals surface area (Å²) in [5.41, 5.74) is 8.52. The molecule has 19 heavy (non-hydrogen) atoms. The van der Waals surface area contributed by atoms with E-state index in [0.717, 1.165) is 31.4 Å². The molecule has 0 spiro atoms. The number of hydrogen-bond acceptors (Lipinski definition) is 4. The van der Waals surface area contributed by atoms with Crippen LogP contribution in [0, 0.1) is 0 Å². The predicted molar refractivity (Wildman–Crippen MR) is 77.9 cm³/mol. The number of nitrogens with two attached hydrogens (primary N) is 1. The van der Waals surface area contributed by atoms with Crippen molar-refractivity contribution >= 4 is 11.3 Å². The first-order valence-electron chi connectivity index (χ1n) is 6.60. The number of methoxy groups -OCH3 is 1. The number of benzene rings is 1. The summed E-state index contributed by atoms with van der Waals surface area (Å²) in [7, 11) is 1.70. The van der Waals surface area contributed by atoms with Gasteiger partial charge < -0.3 is 10.5 Å². The van der Waals surface area contributed by atoms with Crippen LogP contribution in [0.15, 0.2) is 24.3 Å². The lowest BCUT2D eigenvalue weighted by Crippen LogP contribution is -2.26. The average molecular weight is 274 g/mol. The average Bonchev–Trinajstić information content (AvgIpc) is 2.80. The third-order valence-corrected chi connectivity index (χ3v) is 4.63. The fourth-order valence-corrected chi connectivity index (χ4v) is 3.73. The van der Waals surface area contributed by atoms with Gasteiger partial charge in [-0.2, -0.15) is 0 Å². The van der Waals surface area contributed by atoms with E-state index in [1.54, 1.807) is 7.11 Å². The van der Waals surface area contributed by atoms with Crippen LogP contribution in [0.3, 0.4) is 0 Å². The highest BCUT2D eigenvalue weighted by Gasteiger charge is 2.19. The molecule has 0 saturated carbocycles. The zero-order valence-corrected chi connectivity index (χ0v) is 11.9. The highest BCUT2D eigenvalue weighted by atomic mass is 32.1. The van der Waals surface area contributed by atoms with Crippen molar-refractivity contribution in [1.82, 2.24) is 4.98 Å². The maximum Gasteiger partial charge on any atom is 0.119 e. The normalized spacial score (nSPS) is 18.1. The summed E-state index contributed by atoms with van der Waals surface area (Å²) in [6.07, 6.45) is 3.97. The summed E-state index contributed by atoms with van der Waals surface area (Å²) in [5.74, 6) is 0.904. The lowest BCUT2D eigenvalue weighted by atomic mass is 9.99. The Hall–Kier alpha value is -1.39. The molecule has 1 unspecified atom stereocenters. The van der Waals surface area contributed by atoms with Crippen molar-refractivity contribution < 1.29 is 4.74 Å². The van der Waals surface area contributed by atoms with Gasteiger partial charge in [-0.25, -0.2) is 4.98 Å². The number of aryl methyl sites for hydroxylation is 1. The fourth-order valence-electron chi connectivity index (χ4n) is 2.49. The van der Waals surface area contributed by atoms with E-state index < -0.39 is 0 Å². The van der Waals surface area contributed by atoms with Gasteiger partial charge in [-0.1, -0.05) is 12.1 Å². The molecule has 4 heteroatoms. The van der Waals surface area contributed by atoms with Crippen molar-refractivity contribution in [2.75, 3.05) is 7.11 Å². The topological polar surface area (TPSA) is 48.1 Å². The molecule has 3 nitrogen and oxygen atoms in total. The molecular weight excluding hydrogens is 256 g/mol. The van der Waals surface area contributed by atoms with Crippen LogP contribution in [0.2, 0.25) is 0 Å². The van der Waals surface area contributed by atoms with E-state index in [9.17, 15) is 0 Å². The third kappa shape index (κ3) is 2.80. The van der Waals surface area contributed by atoms with Crippen molar-refractivity contribution in [1.29, 1.82) is 0 Å². The van der Waals surface area contributed by atoms with Crippen LogP contribution in [-0.2, 0) is 19.3 Å². The van der Waals surface area contributed by atoms with Gasteiger partial charge in [0.2, 0.25) is 0 Å². The van der Waals surface area contributed by atoms with Crippen LogP contribution < -0.4 is 10.5 Å². The second kappa shape index (κ2) is 5.31. The van der Waals surface area contributed by atoms with E-state index in [0.29, 0.717) is 6.04 Å². The zero-order chi connectivity index (χ0) is 13.2. The van der Waals surface area contributed by atoms with E-state index in [-0.39, 0.29) is 0 Å². The fraction of sp³-hybridized carbons (Fsp3) is 0.400. The number of fused-ring (bicyclic) bond motifs is 1. The van der Waals surface area contributed by atoms with Gasteiger partial charge in [-0.15, -0.1) is 11.3 Å². The Labute approximate surface area is 117 Å². The Kier molecular flexibility index (Phi) is 3.53. The molecular formula is C15H18N2OS. The SMILES string of the molecule is COc1cccc(Cc2nc3c(s2)CC(N)CC3)c1. The summed E-state index contributed by atoms with van der Waals surface area (Å²) in [6.45, 7) is 0. The van der Waals surface area contributed by atoms with Gasteiger partial charge in [0.15, 0.2) is 0 Å². The second-order valence-electron chi connectivity index (χ2n) is 5.01. The Morgan fingerprint density at radius 3 is 3.21 bits per heavy atom. The van der Waals surface area contributed by atoms with Crippen molar-refractivity contribution in [3.63, 3.8) is 0 Å². The summed E-state index contributed by atoms with van der Waals surface area (Å²) in [6, 6.07) is 8.51. The molecule has 3 rings (SSSR count). The quantitative estimate of drug-likeness (QED) is 0.935. The molecule has 1 atom stereocenters. The molecule has 1 heterocycles. The first kappa shape index (κ1) is 12.6. The maximum absolute atomic E-state index is 6.01. The van der Waals surface area contributed by atoms with Crippen LogP contribution in [-0.4, -0.2) is 18.1 Å².